The molecular formula is C21H31F5Si3. The average molecular weight is 463 g/mol. The first-order valence-electron chi connectivity index (χ1n) is 10.2. The van der Waals surface area contributed by atoms with Gasteiger partial charge in [-0.15, -0.1) is 0 Å². The third-order valence-electron chi connectivity index (χ3n) is 7.48. The van der Waals surface area contributed by atoms with E-state index in [0.29, 0.717) is 5.57 Å². The Morgan fingerprint density at radius 1 is 0.552 bits per heavy atom. The van der Waals surface area contributed by atoms with Crippen molar-refractivity contribution in [3.63, 3.8) is 0 Å². The Labute approximate surface area is 173 Å². The summed E-state index contributed by atoms with van der Waals surface area (Å²) in [7, 11) is -6.07. The van der Waals surface area contributed by atoms with E-state index in [0.717, 1.165) is 18.0 Å². The van der Waals surface area contributed by atoms with Gasteiger partial charge in [-0.3, -0.25) is 0 Å². The fourth-order valence-corrected chi connectivity index (χ4v) is 20.8. The minimum Gasteiger partial charge on any atom is -0.203 e. The zero-order valence-electron chi connectivity index (χ0n) is 18.8. The standard InChI is InChI=1S/C21H31F5Si3/c1-27(2,3)19-13(12-14(22)16(24)18(26)17(25)15(12)23)20(28(4,5)6)10-11-21(19,20)29(7,8)9/h10-11H2,1-9H3/t20-,21+/m0/s1. The molecule has 1 aromatic rings. The van der Waals surface area contributed by atoms with Crippen molar-refractivity contribution in [1.29, 1.82) is 0 Å². The van der Waals surface area contributed by atoms with Crippen molar-refractivity contribution in [3.05, 3.63) is 39.8 Å². The van der Waals surface area contributed by atoms with E-state index < -0.39 is 63.9 Å². The van der Waals surface area contributed by atoms with Crippen molar-refractivity contribution in [2.75, 3.05) is 0 Å². The highest BCUT2D eigenvalue weighted by Gasteiger charge is 2.79. The molecule has 1 fully saturated rings. The molecule has 29 heavy (non-hydrogen) atoms. The second-order valence-electron chi connectivity index (χ2n) is 11.8. The highest BCUT2D eigenvalue weighted by Crippen LogP contribution is 2.91. The lowest BCUT2D eigenvalue weighted by atomic mass is 9.56. The zero-order chi connectivity index (χ0) is 22.5. The maximum atomic E-state index is 15.0. The lowest BCUT2D eigenvalue weighted by Crippen LogP contribution is -2.71. The lowest BCUT2D eigenvalue weighted by molar-refractivity contribution is 0.264. The number of hydrogen-bond acceptors (Lipinski definition) is 0. The van der Waals surface area contributed by atoms with Crippen LogP contribution in [-0.4, -0.2) is 24.2 Å². The van der Waals surface area contributed by atoms with Crippen LogP contribution in [0.25, 0.3) is 5.57 Å². The predicted molar refractivity (Wildman–Crippen MR) is 118 cm³/mol. The Morgan fingerprint density at radius 3 is 1.17 bits per heavy atom. The summed E-state index contributed by atoms with van der Waals surface area (Å²) < 4.78 is 72.2. The fraction of sp³-hybridized carbons (Fsp3) is 0.619. The Kier molecular flexibility index (Phi) is 4.87. The summed E-state index contributed by atoms with van der Waals surface area (Å²) in [4.78, 5) is 0. The first-order chi connectivity index (χ1) is 12.9. The maximum Gasteiger partial charge on any atom is 0.200 e. The molecule has 1 saturated carbocycles. The van der Waals surface area contributed by atoms with E-state index in [-0.39, 0.29) is 5.04 Å². The molecule has 0 N–H and O–H groups in total. The summed E-state index contributed by atoms with van der Waals surface area (Å²) in [5, 5.41) is 0.518. The number of benzene rings is 1. The third kappa shape index (κ3) is 2.51. The summed E-state index contributed by atoms with van der Waals surface area (Å²) in [6, 6.07) is 0. The summed E-state index contributed by atoms with van der Waals surface area (Å²) in [5.41, 5.74) is -0.160. The van der Waals surface area contributed by atoms with Gasteiger partial charge in [-0.25, -0.2) is 22.0 Å². The van der Waals surface area contributed by atoms with Crippen molar-refractivity contribution in [1.82, 2.24) is 0 Å². The second-order valence-corrected chi connectivity index (χ2v) is 27.5. The van der Waals surface area contributed by atoms with Gasteiger partial charge in [0, 0.05) is 0 Å². The van der Waals surface area contributed by atoms with Crippen molar-refractivity contribution in [2.24, 2.45) is 0 Å². The van der Waals surface area contributed by atoms with Gasteiger partial charge in [-0.05, 0) is 28.5 Å². The van der Waals surface area contributed by atoms with Crippen molar-refractivity contribution < 1.29 is 22.0 Å². The smallest absolute Gasteiger partial charge is 0.200 e. The zero-order valence-corrected chi connectivity index (χ0v) is 21.8. The van der Waals surface area contributed by atoms with Crippen LogP contribution in [-0.2, 0) is 0 Å². The number of allylic oxidation sites excluding steroid dienone is 2. The summed E-state index contributed by atoms with van der Waals surface area (Å²) >= 11 is 0. The van der Waals surface area contributed by atoms with E-state index >= 15 is 8.78 Å². The molecule has 0 radical (unpaired) electrons. The Morgan fingerprint density at radius 2 is 0.897 bits per heavy atom. The lowest BCUT2D eigenvalue weighted by Gasteiger charge is -2.80. The Bertz CT molecular complexity index is 905. The molecule has 162 valence electrons. The summed E-state index contributed by atoms with van der Waals surface area (Å²) in [6.07, 6.45) is 1.74. The van der Waals surface area contributed by atoms with E-state index in [1.165, 1.54) is 0 Å². The van der Waals surface area contributed by atoms with Crippen LogP contribution >= 0.6 is 0 Å². The highest BCUT2D eigenvalue weighted by molar-refractivity contribution is 6.96. The topological polar surface area (TPSA) is 0 Å². The molecule has 0 spiro atoms. The van der Waals surface area contributed by atoms with Crippen LogP contribution < -0.4 is 0 Å². The van der Waals surface area contributed by atoms with E-state index in [1.807, 2.05) is 0 Å². The van der Waals surface area contributed by atoms with Gasteiger partial charge in [-0.2, -0.15) is 0 Å². The Balaban J connectivity index is 2.55. The molecule has 2 aliphatic carbocycles. The molecule has 0 aromatic heterocycles. The van der Waals surface area contributed by atoms with Gasteiger partial charge in [0.15, 0.2) is 23.3 Å². The number of halogens is 5. The second kappa shape index (κ2) is 6.16. The monoisotopic (exact) mass is 462 g/mol. The van der Waals surface area contributed by atoms with Crippen LogP contribution in [0, 0.1) is 29.1 Å². The highest BCUT2D eigenvalue weighted by atomic mass is 28.3. The van der Waals surface area contributed by atoms with Gasteiger partial charge in [-0.1, -0.05) is 64.1 Å². The molecule has 0 saturated heterocycles. The van der Waals surface area contributed by atoms with Gasteiger partial charge in [0.05, 0.1) is 29.8 Å². The molecule has 0 bridgehead atoms. The van der Waals surface area contributed by atoms with Crippen molar-refractivity contribution in [3.8, 4) is 0 Å². The van der Waals surface area contributed by atoms with Crippen LogP contribution in [0.2, 0.25) is 69.0 Å². The SMILES string of the molecule is C[Si](C)(C)C1=C(c2c(F)c(F)c(F)c(F)c2F)[C@@]2([Si](C)(C)C)CC[C@@]12[Si](C)(C)C. The molecule has 2 atom stereocenters. The molecule has 2 aliphatic rings. The van der Waals surface area contributed by atoms with Crippen molar-refractivity contribution >= 4 is 29.8 Å². The van der Waals surface area contributed by atoms with Crippen LogP contribution in [0.15, 0.2) is 5.20 Å². The van der Waals surface area contributed by atoms with Crippen molar-refractivity contribution in [2.45, 2.75) is 81.8 Å². The first kappa shape index (κ1) is 22.9. The normalized spacial score (nSPS) is 27.5. The largest absolute Gasteiger partial charge is 0.203 e. The molecule has 1 aromatic carbocycles. The molecule has 0 amide bonds. The Hall–Kier alpha value is -0.739. The fourth-order valence-electron chi connectivity index (χ4n) is 6.62. The molecule has 8 heteroatoms. The molecular weight excluding hydrogens is 431 g/mol. The minimum atomic E-state index is -2.11. The van der Waals surface area contributed by atoms with Gasteiger partial charge >= 0.3 is 0 Å². The molecule has 0 nitrogen and oxygen atoms in total. The summed E-state index contributed by atoms with van der Waals surface area (Å²) in [6.45, 7) is 19.8. The number of hydrogen-bond donors (Lipinski definition) is 0. The summed E-state index contributed by atoms with van der Waals surface area (Å²) in [5.74, 6) is -9.08. The predicted octanol–water partition coefficient (Wildman–Crippen LogP) is 7.98. The molecule has 3 rings (SSSR count). The third-order valence-corrected chi connectivity index (χ3v) is 17.1. The first-order valence-corrected chi connectivity index (χ1v) is 20.7. The number of fused-ring (bicyclic) bond motifs is 1. The van der Waals surface area contributed by atoms with E-state index in [9.17, 15) is 13.2 Å². The average Bonchev–Trinajstić information content (AvgIpc) is 2.50. The van der Waals surface area contributed by atoms with E-state index in [4.69, 9.17) is 0 Å². The quantitative estimate of drug-likeness (QED) is 0.184. The maximum absolute atomic E-state index is 15.0. The van der Waals surface area contributed by atoms with Gasteiger partial charge in [0.2, 0.25) is 5.82 Å². The van der Waals surface area contributed by atoms with Crippen LogP contribution in [0.4, 0.5) is 22.0 Å². The van der Waals surface area contributed by atoms with Crippen LogP contribution in [0.5, 0.6) is 0 Å². The number of rotatable bonds is 4. The van der Waals surface area contributed by atoms with Crippen LogP contribution in [0.3, 0.4) is 0 Å². The van der Waals surface area contributed by atoms with Gasteiger partial charge in [0.25, 0.3) is 0 Å². The van der Waals surface area contributed by atoms with E-state index in [1.54, 1.807) is 0 Å². The van der Waals surface area contributed by atoms with Gasteiger partial charge in [0.1, 0.15) is 0 Å². The van der Waals surface area contributed by atoms with Gasteiger partial charge < -0.3 is 0 Å². The van der Waals surface area contributed by atoms with Crippen LogP contribution in [0.1, 0.15) is 18.4 Å². The molecule has 0 unspecified atom stereocenters. The molecule has 0 aliphatic heterocycles. The minimum absolute atomic E-state index is 0.107. The van der Waals surface area contributed by atoms with E-state index in [2.05, 4.69) is 58.9 Å². The molecule has 0 heterocycles.